The summed E-state index contributed by atoms with van der Waals surface area (Å²) in [4.78, 5) is 0.186. The molecule has 0 heterocycles. The number of sulfonamides is 1. The average molecular weight is 265 g/mol. The fourth-order valence-electron chi connectivity index (χ4n) is 1.65. The van der Waals surface area contributed by atoms with Crippen molar-refractivity contribution in [3.8, 4) is 0 Å². The molecule has 5 N–H and O–H groups in total. The molecule has 96 valence electrons. The first-order chi connectivity index (χ1) is 8.41. The molecule has 2 rings (SSSR count). The molecule has 1 aromatic carbocycles. The maximum Gasteiger partial charge on any atom is 0.242 e. The van der Waals surface area contributed by atoms with E-state index in [0.29, 0.717) is 12.1 Å². The standard InChI is InChI=1S/C12H15N3O2S/c13-10-6-8-12(14,9-7-10)15-18(16,17)11-4-2-1-3-5-11/h1-8,15H,9,13-14H2. The van der Waals surface area contributed by atoms with E-state index in [1.54, 1.807) is 36.4 Å². The molecule has 0 spiro atoms. The summed E-state index contributed by atoms with van der Waals surface area (Å²) in [6.45, 7) is 0. The molecule has 6 heteroatoms. The lowest BCUT2D eigenvalue weighted by atomic mass is 10.0. The summed E-state index contributed by atoms with van der Waals surface area (Å²) < 4.78 is 26.7. The highest BCUT2D eigenvalue weighted by molar-refractivity contribution is 7.89. The summed E-state index contributed by atoms with van der Waals surface area (Å²) in [6.07, 6.45) is 5.16. The normalized spacial score (nSPS) is 23.7. The molecule has 0 bridgehead atoms. The van der Waals surface area contributed by atoms with Gasteiger partial charge in [0.05, 0.1) is 4.90 Å². The van der Waals surface area contributed by atoms with Crippen LogP contribution in [0.3, 0.4) is 0 Å². The number of nitrogens with two attached hydrogens (primary N) is 2. The van der Waals surface area contributed by atoms with Crippen molar-refractivity contribution in [1.29, 1.82) is 0 Å². The Labute approximate surface area is 106 Å². The highest BCUT2D eigenvalue weighted by atomic mass is 32.2. The second kappa shape index (κ2) is 4.56. The van der Waals surface area contributed by atoms with Gasteiger partial charge in [0, 0.05) is 12.1 Å². The van der Waals surface area contributed by atoms with Crippen molar-refractivity contribution in [3.05, 3.63) is 54.3 Å². The molecule has 5 nitrogen and oxygen atoms in total. The van der Waals surface area contributed by atoms with Crippen molar-refractivity contribution in [3.63, 3.8) is 0 Å². The summed E-state index contributed by atoms with van der Waals surface area (Å²) in [5.41, 5.74) is 11.0. The van der Waals surface area contributed by atoms with E-state index in [0.717, 1.165) is 0 Å². The first-order valence-corrected chi connectivity index (χ1v) is 6.92. The van der Waals surface area contributed by atoms with Crippen LogP contribution in [0.1, 0.15) is 6.42 Å². The van der Waals surface area contributed by atoms with Gasteiger partial charge in [-0.3, -0.25) is 0 Å². The van der Waals surface area contributed by atoms with Gasteiger partial charge in [-0.25, -0.2) is 8.42 Å². The van der Waals surface area contributed by atoms with Crippen molar-refractivity contribution in [2.24, 2.45) is 11.5 Å². The summed E-state index contributed by atoms with van der Waals surface area (Å²) in [6, 6.07) is 8.10. The molecule has 0 aliphatic heterocycles. The van der Waals surface area contributed by atoms with E-state index < -0.39 is 15.7 Å². The van der Waals surface area contributed by atoms with Crippen LogP contribution in [-0.2, 0) is 10.0 Å². The van der Waals surface area contributed by atoms with Crippen LogP contribution in [-0.4, -0.2) is 14.1 Å². The maximum atomic E-state index is 12.1. The smallest absolute Gasteiger partial charge is 0.242 e. The Bertz CT molecular complexity index is 593. The third-order valence-corrected chi connectivity index (χ3v) is 4.17. The molecule has 0 saturated carbocycles. The Hall–Kier alpha value is -1.63. The predicted molar refractivity (Wildman–Crippen MR) is 69.7 cm³/mol. The van der Waals surface area contributed by atoms with Crippen molar-refractivity contribution in [2.75, 3.05) is 0 Å². The van der Waals surface area contributed by atoms with Gasteiger partial charge in [-0.1, -0.05) is 24.3 Å². The molecule has 0 radical (unpaired) electrons. The monoisotopic (exact) mass is 265 g/mol. The number of hydrogen-bond donors (Lipinski definition) is 3. The summed E-state index contributed by atoms with van der Waals surface area (Å²) in [5, 5.41) is 0. The average Bonchev–Trinajstić information content (AvgIpc) is 2.34. The molecule has 1 aliphatic rings. The van der Waals surface area contributed by atoms with Crippen LogP contribution in [0.4, 0.5) is 0 Å². The summed E-state index contributed by atoms with van der Waals surface area (Å²) >= 11 is 0. The highest BCUT2D eigenvalue weighted by Crippen LogP contribution is 2.17. The van der Waals surface area contributed by atoms with Crippen LogP contribution in [0.5, 0.6) is 0 Å². The van der Waals surface area contributed by atoms with Crippen LogP contribution in [0.15, 0.2) is 59.2 Å². The lowest BCUT2D eigenvalue weighted by Crippen LogP contribution is -2.54. The molecule has 1 atom stereocenters. The molecule has 1 aromatic rings. The molecule has 0 amide bonds. The van der Waals surface area contributed by atoms with E-state index in [1.807, 2.05) is 0 Å². The Morgan fingerprint density at radius 2 is 1.89 bits per heavy atom. The maximum absolute atomic E-state index is 12.1. The minimum atomic E-state index is -3.63. The lowest BCUT2D eigenvalue weighted by molar-refractivity contribution is 0.478. The fourth-order valence-corrected chi connectivity index (χ4v) is 2.94. The lowest BCUT2D eigenvalue weighted by Gasteiger charge is -2.28. The zero-order valence-electron chi connectivity index (χ0n) is 9.71. The Morgan fingerprint density at radius 1 is 1.22 bits per heavy atom. The Kier molecular flexibility index (Phi) is 3.25. The van der Waals surface area contributed by atoms with Crippen molar-refractivity contribution in [1.82, 2.24) is 4.72 Å². The summed E-state index contributed by atoms with van der Waals surface area (Å²) in [7, 11) is -3.63. The molecule has 0 saturated heterocycles. The number of rotatable bonds is 3. The number of nitrogens with one attached hydrogen (secondary N) is 1. The van der Waals surface area contributed by atoms with E-state index >= 15 is 0 Å². The second-order valence-electron chi connectivity index (χ2n) is 4.20. The molecule has 0 fully saturated rings. The molecule has 0 aromatic heterocycles. The van der Waals surface area contributed by atoms with Crippen molar-refractivity contribution in [2.45, 2.75) is 17.0 Å². The van der Waals surface area contributed by atoms with Crippen LogP contribution < -0.4 is 16.2 Å². The Balaban J connectivity index is 2.23. The van der Waals surface area contributed by atoms with Gasteiger partial charge >= 0.3 is 0 Å². The quantitative estimate of drug-likeness (QED) is 0.690. The van der Waals surface area contributed by atoms with Crippen LogP contribution in [0, 0.1) is 0 Å². The van der Waals surface area contributed by atoms with Crippen LogP contribution in [0.25, 0.3) is 0 Å². The SMILES string of the molecule is NC1=CCC(N)(NS(=O)(=O)c2ccccc2)C=C1. The van der Waals surface area contributed by atoms with Gasteiger partial charge in [0.1, 0.15) is 5.66 Å². The van der Waals surface area contributed by atoms with Crippen molar-refractivity contribution >= 4 is 10.0 Å². The Morgan fingerprint density at radius 3 is 2.44 bits per heavy atom. The molecule has 1 aliphatic carbocycles. The fraction of sp³-hybridized carbons (Fsp3) is 0.167. The predicted octanol–water partition coefficient (Wildman–Crippen LogP) is 0.422. The van der Waals surface area contributed by atoms with Crippen LogP contribution >= 0.6 is 0 Å². The molecular weight excluding hydrogens is 250 g/mol. The largest absolute Gasteiger partial charge is 0.399 e. The third-order valence-electron chi connectivity index (χ3n) is 2.63. The van der Waals surface area contributed by atoms with Gasteiger partial charge in [0.2, 0.25) is 10.0 Å². The molecule has 18 heavy (non-hydrogen) atoms. The highest BCUT2D eigenvalue weighted by Gasteiger charge is 2.29. The number of hydrogen-bond acceptors (Lipinski definition) is 4. The summed E-state index contributed by atoms with van der Waals surface area (Å²) in [5.74, 6) is 0. The molecule has 1 unspecified atom stereocenters. The third kappa shape index (κ3) is 2.79. The van der Waals surface area contributed by atoms with E-state index in [9.17, 15) is 8.42 Å². The van der Waals surface area contributed by atoms with Gasteiger partial charge in [0.25, 0.3) is 0 Å². The van der Waals surface area contributed by atoms with Gasteiger partial charge in [-0.15, -0.1) is 0 Å². The topological polar surface area (TPSA) is 98.2 Å². The number of benzene rings is 1. The van der Waals surface area contributed by atoms with E-state index in [-0.39, 0.29) is 4.90 Å². The van der Waals surface area contributed by atoms with Crippen LogP contribution in [0.2, 0.25) is 0 Å². The van der Waals surface area contributed by atoms with Gasteiger partial charge in [-0.2, -0.15) is 4.72 Å². The molecular formula is C12H15N3O2S. The first-order valence-electron chi connectivity index (χ1n) is 5.44. The number of allylic oxidation sites excluding steroid dienone is 1. The minimum absolute atomic E-state index is 0.186. The van der Waals surface area contributed by atoms with Gasteiger partial charge in [0.15, 0.2) is 0 Å². The van der Waals surface area contributed by atoms with E-state index in [2.05, 4.69) is 4.72 Å². The first kappa shape index (κ1) is 12.8. The van der Waals surface area contributed by atoms with E-state index in [1.165, 1.54) is 12.1 Å². The van der Waals surface area contributed by atoms with E-state index in [4.69, 9.17) is 11.5 Å². The van der Waals surface area contributed by atoms with Gasteiger partial charge in [-0.05, 0) is 24.3 Å². The van der Waals surface area contributed by atoms with Gasteiger partial charge < -0.3 is 11.5 Å². The zero-order valence-corrected chi connectivity index (χ0v) is 10.5. The zero-order chi connectivity index (χ0) is 13.2. The minimum Gasteiger partial charge on any atom is -0.399 e. The second-order valence-corrected chi connectivity index (χ2v) is 5.88. The van der Waals surface area contributed by atoms with Crippen molar-refractivity contribution < 1.29 is 8.42 Å².